The Labute approximate surface area is 196 Å². The predicted octanol–water partition coefficient (Wildman–Crippen LogP) is 3.87. The summed E-state index contributed by atoms with van der Waals surface area (Å²) in [4.78, 5) is 28.0. The molecule has 1 fully saturated rings. The predicted molar refractivity (Wildman–Crippen MR) is 127 cm³/mol. The van der Waals surface area contributed by atoms with Crippen molar-refractivity contribution in [1.82, 2.24) is 4.90 Å². The van der Waals surface area contributed by atoms with E-state index in [1.807, 2.05) is 12.1 Å². The summed E-state index contributed by atoms with van der Waals surface area (Å²) in [7, 11) is 0. The van der Waals surface area contributed by atoms with Crippen LogP contribution >= 0.6 is 24.8 Å². The minimum absolute atomic E-state index is 0. The van der Waals surface area contributed by atoms with Crippen LogP contribution in [0.2, 0.25) is 0 Å². The molecule has 0 bridgehead atoms. The molecule has 0 aliphatic carbocycles. The number of hydrogen-bond acceptors (Lipinski definition) is 6. The van der Waals surface area contributed by atoms with Gasteiger partial charge in [0.15, 0.2) is 5.78 Å². The first-order valence-corrected chi connectivity index (χ1v) is 9.95. The standard InChI is InChI=1S/C23H28N2O4.2ClH/c1-18(26)22-10-6-7-11-23(22)28-17-21(29-19(2)27)16-24-12-14-25(15-13-24)20-8-4-3-5-9-20;;/h3-11,21H,12-17H2,1-2H3;2*1H. The van der Waals surface area contributed by atoms with Gasteiger partial charge in [-0.15, -0.1) is 24.8 Å². The van der Waals surface area contributed by atoms with Crippen molar-refractivity contribution < 1.29 is 19.1 Å². The Morgan fingerprint density at radius 2 is 1.52 bits per heavy atom. The number of Topliss-reactive ketones (excluding diaryl/α,β-unsaturated/α-hetero) is 1. The topological polar surface area (TPSA) is 59.1 Å². The van der Waals surface area contributed by atoms with Crippen LogP contribution in [-0.2, 0) is 9.53 Å². The molecule has 1 atom stereocenters. The van der Waals surface area contributed by atoms with Gasteiger partial charge in [0.2, 0.25) is 0 Å². The van der Waals surface area contributed by atoms with E-state index in [9.17, 15) is 9.59 Å². The number of ether oxygens (including phenoxy) is 2. The van der Waals surface area contributed by atoms with Crippen molar-refractivity contribution in [1.29, 1.82) is 0 Å². The van der Waals surface area contributed by atoms with E-state index in [-0.39, 0.29) is 43.2 Å². The second-order valence-corrected chi connectivity index (χ2v) is 7.22. The van der Waals surface area contributed by atoms with Crippen LogP contribution in [0.3, 0.4) is 0 Å². The summed E-state index contributed by atoms with van der Waals surface area (Å²) in [6.07, 6.45) is -0.393. The maximum absolute atomic E-state index is 11.8. The zero-order valence-electron chi connectivity index (χ0n) is 17.9. The summed E-state index contributed by atoms with van der Waals surface area (Å²) in [5.41, 5.74) is 1.76. The monoisotopic (exact) mass is 468 g/mol. The molecule has 2 aromatic carbocycles. The van der Waals surface area contributed by atoms with Gasteiger partial charge >= 0.3 is 5.97 Å². The van der Waals surface area contributed by atoms with Crippen LogP contribution in [-0.4, -0.2) is 62.1 Å². The molecule has 3 rings (SSSR count). The van der Waals surface area contributed by atoms with Gasteiger partial charge in [0, 0.05) is 45.3 Å². The Morgan fingerprint density at radius 1 is 0.903 bits per heavy atom. The number of esters is 1. The van der Waals surface area contributed by atoms with Gasteiger partial charge in [0.1, 0.15) is 18.5 Å². The van der Waals surface area contributed by atoms with Gasteiger partial charge in [-0.25, -0.2) is 0 Å². The second kappa shape index (κ2) is 13.2. The Hall–Kier alpha value is -2.28. The number of benzene rings is 2. The van der Waals surface area contributed by atoms with Crippen LogP contribution < -0.4 is 9.64 Å². The van der Waals surface area contributed by atoms with E-state index in [0.29, 0.717) is 17.9 Å². The second-order valence-electron chi connectivity index (χ2n) is 7.22. The molecule has 1 heterocycles. The van der Waals surface area contributed by atoms with Gasteiger partial charge in [0.05, 0.1) is 5.56 Å². The van der Waals surface area contributed by atoms with E-state index in [0.717, 1.165) is 26.2 Å². The average molecular weight is 469 g/mol. The molecule has 31 heavy (non-hydrogen) atoms. The maximum atomic E-state index is 11.8. The number of carbonyl (C=O) groups is 2. The molecule has 1 saturated heterocycles. The fourth-order valence-corrected chi connectivity index (χ4v) is 3.54. The normalized spacial score (nSPS) is 14.6. The van der Waals surface area contributed by atoms with Crippen LogP contribution in [0.1, 0.15) is 24.2 Å². The van der Waals surface area contributed by atoms with Crippen molar-refractivity contribution in [2.75, 3.05) is 44.2 Å². The van der Waals surface area contributed by atoms with Gasteiger partial charge in [-0.2, -0.15) is 0 Å². The SMILES string of the molecule is CC(=O)OC(COc1ccccc1C(C)=O)CN1CCN(c2ccccc2)CC1.Cl.Cl. The number of hydrogen-bond donors (Lipinski definition) is 0. The van der Waals surface area contributed by atoms with Gasteiger partial charge in [-0.1, -0.05) is 30.3 Å². The van der Waals surface area contributed by atoms with Crippen LogP contribution in [0, 0.1) is 0 Å². The molecule has 0 aromatic heterocycles. The van der Waals surface area contributed by atoms with Crippen molar-refractivity contribution in [2.24, 2.45) is 0 Å². The third-order valence-corrected chi connectivity index (χ3v) is 4.98. The van der Waals surface area contributed by atoms with Gasteiger partial charge in [-0.05, 0) is 31.2 Å². The summed E-state index contributed by atoms with van der Waals surface area (Å²) in [5.74, 6) is 0.133. The molecule has 1 aliphatic heterocycles. The van der Waals surface area contributed by atoms with Crippen molar-refractivity contribution >= 4 is 42.3 Å². The molecule has 1 unspecified atom stereocenters. The molecule has 6 nitrogen and oxygen atoms in total. The fourth-order valence-electron chi connectivity index (χ4n) is 3.54. The third-order valence-electron chi connectivity index (χ3n) is 4.98. The highest BCUT2D eigenvalue weighted by Crippen LogP contribution is 2.20. The van der Waals surface area contributed by atoms with E-state index in [2.05, 4.69) is 34.1 Å². The van der Waals surface area contributed by atoms with E-state index >= 15 is 0 Å². The zero-order chi connectivity index (χ0) is 20.6. The molecule has 0 saturated carbocycles. The molecule has 0 spiro atoms. The van der Waals surface area contributed by atoms with E-state index in [1.165, 1.54) is 19.5 Å². The highest BCUT2D eigenvalue weighted by atomic mass is 35.5. The number of para-hydroxylation sites is 2. The number of rotatable bonds is 8. The number of nitrogens with zero attached hydrogens (tertiary/aromatic N) is 2. The van der Waals surface area contributed by atoms with Gasteiger partial charge in [-0.3, -0.25) is 14.5 Å². The largest absolute Gasteiger partial charge is 0.489 e. The lowest BCUT2D eigenvalue weighted by molar-refractivity contribution is -0.148. The van der Waals surface area contributed by atoms with Crippen molar-refractivity contribution in [3.63, 3.8) is 0 Å². The molecule has 2 aromatic rings. The first-order chi connectivity index (χ1) is 14.0. The Kier molecular flexibility index (Phi) is 11.4. The number of piperazine rings is 1. The minimum atomic E-state index is -0.393. The van der Waals surface area contributed by atoms with Gasteiger partial charge in [0.25, 0.3) is 0 Å². The summed E-state index contributed by atoms with van der Waals surface area (Å²) in [6.45, 7) is 7.35. The summed E-state index contributed by atoms with van der Waals surface area (Å²) in [5, 5.41) is 0. The van der Waals surface area contributed by atoms with Gasteiger partial charge < -0.3 is 14.4 Å². The van der Waals surface area contributed by atoms with E-state index in [1.54, 1.807) is 18.2 Å². The quantitative estimate of drug-likeness (QED) is 0.432. The first kappa shape index (κ1) is 26.8. The van der Waals surface area contributed by atoms with Crippen molar-refractivity contribution in [2.45, 2.75) is 20.0 Å². The molecular weight excluding hydrogens is 439 g/mol. The zero-order valence-corrected chi connectivity index (χ0v) is 19.5. The molecule has 0 radical (unpaired) electrons. The van der Waals surface area contributed by atoms with Crippen LogP contribution in [0.15, 0.2) is 54.6 Å². The van der Waals surface area contributed by atoms with Crippen LogP contribution in [0.5, 0.6) is 5.75 Å². The Morgan fingerprint density at radius 3 is 2.13 bits per heavy atom. The molecule has 0 amide bonds. The van der Waals surface area contributed by atoms with Crippen LogP contribution in [0.25, 0.3) is 0 Å². The highest BCUT2D eigenvalue weighted by molar-refractivity contribution is 5.96. The molecule has 1 aliphatic rings. The number of halogens is 2. The van der Waals surface area contributed by atoms with E-state index < -0.39 is 6.10 Å². The molecule has 0 N–H and O–H groups in total. The van der Waals surface area contributed by atoms with Crippen LogP contribution in [0.4, 0.5) is 5.69 Å². The molecule has 170 valence electrons. The maximum Gasteiger partial charge on any atom is 0.303 e. The first-order valence-electron chi connectivity index (χ1n) is 9.95. The summed E-state index contributed by atoms with van der Waals surface area (Å²) in [6, 6.07) is 17.5. The van der Waals surface area contributed by atoms with Crippen molar-refractivity contribution in [3.8, 4) is 5.75 Å². The number of anilines is 1. The smallest absolute Gasteiger partial charge is 0.303 e. The molecular formula is C23H30Cl2N2O4. The fraction of sp³-hybridized carbons (Fsp3) is 0.391. The Bertz CT molecular complexity index is 827. The number of ketones is 1. The third kappa shape index (κ3) is 8.05. The minimum Gasteiger partial charge on any atom is -0.489 e. The van der Waals surface area contributed by atoms with E-state index in [4.69, 9.17) is 9.47 Å². The average Bonchev–Trinajstić information content (AvgIpc) is 2.73. The lowest BCUT2D eigenvalue weighted by Gasteiger charge is -2.37. The summed E-state index contributed by atoms with van der Waals surface area (Å²) < 4.78 is 11.3. The Balaban J connectivity index is 0.00000240. The summed E-state index contributed by atoms with van der Waals surface area (Å²) >= 11 is 0. The molecule has 8 heteroatoms. The lowest BCUT2D eigenvalue weighted by atomic mass is 10.1. The van der Waals surface area contributed by atoms with Crippen molar-refractivity contribution in [3.05, 3.63) is 60.2 Å². The lowest BCUT2D eigenvalue weighted by Crippen LogP contribution is -2.50. The number of carbonyl (C=O) groups excluding carboxylic acids is 2. The highest BCUT2D eigenvalue weighted by Gasteiger charge is 2.23.